The highest BCUT2D eigenvalue weighted by Gasteiger charge is 2.28. The summed E-state index contributed by atoms with van der Waals surface area (Å²) in [7, 11) is 0. The molecule has 1 aliphatic rings. The number of aromatic nitrogens is 4. The second-order valence-corrected chi connectivity index (χ2v) is 9.02. The van der Waals surface area contributed by atoms with E-state index in [-0.39, 0.29) is 18.3 Å². The predicted molar refractivity (Wildman–Crippen MR) is 123 cm³/mol. The monoisotopic (exact) mass is 479 g/mol. The van der Waals surface area contributed by atoms with Crippen molar-refractivity contribution >= 4 is 44.3 Å². The molecule has 8 heteroatoms. The minimum absolute atomic E-state index is 0.239. The quantitative estimate of drug-likeness (QED) is 0.424. The minimum atomic E-state index is -0.721. The summed E-state index contributed by atoms with van der Waals surface area (Å²) in [4.78, 5) is 20.6. The Morgan fingerprint density at radius 1 is 1.19 bits per heavy atom. The molecule has 0 radical (unpaired) electrons. The normalized spacial score (nSPS) is 19.1. The van der Waals surface area contributed by atoms with Gasteiger partial charge in [0.1, 0.15) is 5.82 Å². The molecule has 7 nitrogen and oxygen atoms in total. The number of aliphatic carboxylic acids is 1. The van der Waals surface area contributed by atoms with Crippen LogP contribution in [0.25, 0.3) is 27.7 Å². The topological polar surface area (TPSA) is 106 Å². The molecule has 5 rings (SSSR count). The number of hydrogen-bond donors (Lipinski definition) is 2. The number of pyridine rings is 1. The van der Waals surface area contributed by atoms with Gasteiger partial charge in [-0.25, -0.2) is 4.98 Å². The maximum Gasteiger partial charge on any atom is 0.303 e. The van der Waals surface area contributed by atoms with Gasteiger partial charge in [-0.05, 0) is 59.7 Å². The fraction of sp³-hybridized carbons (Fsp3) is 0.304. The lowest BCUT2D eigenvalue weighted by molar-refractivity contribution is -0.138. The van der Waals surface area contributed by atoms with E-state index < -0.39 is 5.97 Å². The molecule has 0 aliphatic heterocycles. The Morgan fingerprint density at radius 3 is 2.74 bits per heavy atom. The van der Waals surface area contributed by atoms with Crippen molar-refractivity contribution in [2.75, 3.05) is 5.73 Å². The van der Waals surface area contributed by atoms with E-state index in [0.29, 0.717) is 11.5 Å². The molecule has 3 N–H and O–H groups in total. The minimum Gasteiger partial charge on any atom is -0.481 e. The first kappa shape index (κ1) is 19.9. The van der Waals surface area contributed by atoms with Crippen LogP contribution >= 0.6 is 15.9 Å². The predicted octanol–water partition coefficient (Wildman–Crippen LogP) is 5.04. The van der Waals surface area contributed by atoms with Gasteiger partial charge >= 0.3 is 5.97 Å². The SMILES string of the molecule is Nc1c(Br)c([C@H]2CC[C@H](CC(=O)O)CC2)nc2c(-c3cnc4ccccc4c3)cnn12. The molecule has 0 bridgehead atoms. The van der Waals surface area contributed by atoms with Gasteiger partial charge in [0, 0.05) is 35.0 Å². The summed E-state index contributed by atoms with van der Waals surface area (Å²) in [5.74, 6) is 0.279. The highest BCUT2D eigenvalue weighted by Crippen LogP contribution is 2.41. The third-order valence-electron chi connectivity index (χ3n) is 6.25. The molecule has 1 aromatic carbocycles. The first-order valence-electron chi connectivity index (χ1n) is 10.4. The van der Waals surface area contributed by atoms with Crippen LogP contribution in [0.15, 0.2) is 47.2 Å². The molecular weight excluding hydrogens is 458 g/mol. The smallest absolute Gasteiger partial charge is 0.303 e. The number of carbonyl (C=O) groups is 1. The van der Waals surface area contributed by atoms with Crippen LogP contribution in [-0.4, -0.2) is 30.7 Å². The molecule has 0 saturated heterocycles. The van der Waals surface area contributed by atoms with Crippen LogP contribution in [0.3, 0.4) is 0 Å². The molecule has 0 amide bonds. The van der Waals surface area contributed by atoms with Crippen molar-refractivity contribution < 1.29 is 9.90 Å². The van der Waals surface area contributed by atoms with Gasteiger partial charge in [-0.1, -0.05) is 18.2 Å². The number of nitrogens with two attached hydrogens (primary N) is 1. The highest BCUT2D eigenvalue weighted by atomic mass is 79.9. The van der Waals surface area contributed by atoms with Crippen molar-refractivity contribution in [3.8, 4) is 11.1 Å². The maximum absolute atomic E-state index is 11.0. The number of nitrogen functional groups attached to an aromatic ring is 1. The molecule has 158 valence electrons. The van der Waals surface area contributed by atoms with Crippen molar-refractivity contribution in [3.05, 3.63) is 52.9 Å². The maximum atomic E-state index is 11.0. The molecular formula is C23H22BrN5O2. The van der Waals surface area contributed by atoms with Crippen LogP contribution in [0.1, 0.15) is 43.7 Å². The Bertz CT molecular complexity index is 1290. The molecule has 0 spiro atoms. The summed E-state index contributed by atoms with van der Waals surface area (Å²) in [5.41, 5.74) is 10.8. The molecule has 3 heterocycles. The zero-order valence-electron chi connectivity index (χ0n) is 16.8. The Hall–Kier alpha value is -3.00. The number of carboxylic acids is 1. The van der Waals surface area contributed by atoms with Crippen LogP contribution in [0.2, 0.25) is 0 Å². The Morgan fingerprint density at radius 2 is 1.97 bits per heavy atom. The summed E-state index contributed by atoms with van der Waals surface area (Å²) in [6.45, 7) is 0. The van der Waals surface area contributed by atoms with Crippen molar-refractivity contribution in [2.45, 2.75) is 38.0 Å². The average Bonchev–Trinajstić information content (AvgIpc) is 3.20. The number of benzene rings is 1. The van der Waals surface area contributed by atoms with E-state index >= 15 is 0 Å². The summed E-state index contributed by atoms with van der Waals surface area (Å²) < 4.78 is 2.43. The van der Waals surface area contributed by atoms with Gasteiger partial charge < -0.3 is 10.8 Å². The zero-order valence-corrected chi connectivity index (χ0v) is 18.4. The summed E-state index contributed by atoms with van der Waals surface area (Å²) in [6.07, 6.45) is 7.44. The Labute approximate surface area is 187 Å². The average molecular weight is 480 g/mol. The summed E-state index contributed by atoms with van der Waals surface area (Å²) >= 11 is 3.64. The Balaban J connectivity index is 1.54. The van der Waals surface area contributed by atoms with Crippen molar-refractivity contribution in [2.24, 2.45) is 5.92 Å². The van der Waals surface area contributed by atoms with Crippen LogP contribution in [-0.2, 0) is 4.79 Å². The molecule has 1 aliphatic carbocycles. The van der Waals surface area contributed by atoms with Gasteiger partial charge in [-0.15, -0.1) is 0 Å². The van der Waals surface area contributed by atoms with E-state index in [1.165, 1.54) is 0 Å². The molecule has 0 atom stereocenters. The highest BCUT2D eigenvalue weighted by molar-refractivity contribution is 9.10. The van der Waals surface area contributed by atoms with Crippen molar-refractivity contribution in [1.29, 1.82) is 0 Å². The van der Waals surface area contributed by atoms with Crippen molar-refractivity contribution in [3.63, 3.8) is 0 Å². The molecule has 1 fully saturated rings. The largest absolute Gasteiger partial charge is 0.481 e. The van der Waals surface area contributed by atoms with E-state index in [1.807, 2.05) is 30.5 Å². The summed E-state index contributed by atoms with van der Waals surface area (Å²) in [6, 6.07) is 10.1. The van der Waals surface area contributed by atoms with Gasteiger partial charge in [0.05, 0.1) is 21.9 Å². The first-order chi connectivity index (χ1) is 15.0. The lowest BCUT2D eigenvalue weighted by Gasteiger charge is -2.28. The van der Waals surface area contributed by atoms with E-state index in [9.17, 15) is 4.79 Å². The third kappa shape index (κ3) is 3.65. The number of halogens is 1. The number of para-hydroxylation sites is 1. The zero-order chi connectivity index (χ0) is 21.5. The van der Waals surface area contributed by atoms with E-state index in [4.69, 9.17) is 15.8 Å². The number of hydrogen-bond acceptors (Lipinski definition) is 5. The second-order valence-electron chi connectivity index (χ2n) is 8.22. The fourth-order valence-corrected chi connectivity index (χ4v) is 5.17. The molecule has 3 aromatic heterocycles. The van der Waals surface area contributed by atoms with Crippen molar-refractivity contribution in [1.82, 2.24) is 19.6 Å². The van der Waals surface area contributed by atoms with E-state index in [0.717, 1.165) is 57.9 Å². The third-order valence-corrected chi connectivity index (χ3v) is 7.06. The number of rotatable bonds is 4. The second kappa shape index (κ2) is 7.92. The lowest BCUT2D eigenvalue weighted by atomic mass is 9.79. The van der Waals surface area contributed by atoms with Crippen LogP contribution in [0.5, 0.6) is 0 Å². The molecule has 31 heavy (non-hydrogen) atoms. The van der Waals surface area contributed by atoms with Gasteiger partial charge in [0.15, 0.2) is 5.65 Å². The standard InChI is InChI=1S/C23H22BrN5O2/c24-20-21(14-7-5-13(6-8-14)9-19(30)31)28-23-17(12-27-29(23)22(20)25)16-10-15-3-1-2-4-18(15)26-11-16/h1-4,10-14H,5-9,25H2,(H,30,31)/t13-,14-. The van der Waals surface area contributed by atoms with Gasteiger partial charge in [-0.3, -0.25) is 9.78 Å². The number of fused-ring (bicyclic) bond motifs is 2. The lowest BCUT2D eigenvalue weighted by Crippen LogP contribution is -2.18. The van der Waals surface area contributed by atoms with Crippen LogP contribution in [0, 0.1) is 5.92 Å². The Kier molecular flexibility index (Phi) is 5.09. The van der Waals surface area contributed by atoms with Crippen LogP contribution < -0.4 is 5.73 Å². The number of carboxylic acid groups (broad SMARTS) is 1. The molecule has 0 unspecified atom stereocenters. The van der Waals surface area contributed by atoms with E-state index in [1.54, 1.807) is 10.7 Å². The fourth-order valence-electron chi connectivity index (χ4n) is 4.59. The van der Waals surface area contributed by atoms with Gasteiger partial charge in [0.2, 0.25) is 0 Å². The first-order valence-corrected chi connectivity index (χ1v) is 11.2. The van der Waals surface area contributed by atoms with Gasteiger partial charge in [-0.2, -0.15) is 9.61 Å². The number of nitrogens with zero attached hydrogens (tertiary/aromatic N) is 4. The molecule has 4 aromatic rings. The van der Waals surface area contributed by atoms with Crippen LogP contribution in [0.4, 0.5) is 5.82 Å². The number of anilines is 1. The molecule has 1 saturated carbocycles. The van der Waals surface area contributed by atoms with Gasteiger partial charge in [0.25, 0.3) is 0 Å². The summed E-state index contributed by atoms with van der Waals surface area (Å²) in [5, 5.41) is 14.6. The van der Waals surface area contributed by atoms with E-state index in [2.05, 4.69) is 32.1 Å².